The third kappa shape index (κ3) is 3.15. The first-order valence-corrected chi connectivity index (χ1v) is 9.01. The predicted octanol–water partition coefficient (Wildman–Crippen LogP) is 2.71. The van der Waals surface area contributed by atoms with Gasteiger partial charge in [-0.2, -0.15) is 0 Å². The van der Waals surface area contributed by atoms with Gasteiger partial charge in [-0.3, -0.25) is 9.36 Å². The minimum Gasteiger partial charge on any atom is -0.345 e. The molecule has 124 valence electrons. The average Bonchev–Trinajstić information content (AvgIpc) is 3.23. The van der Waals surface area contributed by atoms with Gasteiger partial charge in [-0.05, 0) is 39.2 Å². The Kier molecular flexibility index (Phi) is 4.48. The molecular formula is C16H22N4O2S. The van der Waals surface area contributed by atoms with Gasteiger partial charge in [0, 0.05) is 29.5 Å². The van der Waals surface area contributed by atoms with Gasteiger partial charge in [0.05, 0.1) is 5.75 Å². The van der Waals surface area contributed by atoms with E-state index in [1.807, 2.05) is 19.9 Å². The maximum absolute atomic E-state index is 12.6. The molecule has 2 aromatic rings. The van der Waals surface area contributed by atoms with E-state index in [0.29, 0.717) is 23.5 Å². The summed E-state index contributed by atoms with van der Waals surface area (Å²) in [6.07, 6.45) is 3.26. The van der Waals surface area contributed by atoms with Gasteiger partial charge in [-0.1, -0.05) is 18.7 Å². The van der Waals surface area contributed by atoms with Gasteiger partial charge >= 0.3 is 5.69 Å². The third-order valence-corrected chi connectivity index (χ3v) is 5.18. The van der Waals surface area contributed by atoms with Crippen LogP contribution in [0.5, 0.6) is 0 Å². The number of hydrogen-bond acceptors (Lipinski definition) is 4. The lowest BCUT2D eigenvalue weighted by molar-refractivity contribution is 0.102. The van der Waals surface area contributed by atoms with E-state index in [9.17, 15) is 9.59 Å². The molecule has 3 rings (SSSR count). The second kappa shape index (κ2) is 6.39. The number of carbonyl (C=O) groups is 1. The van der Waals surface area contributed by atoms with Crippen molar-refractivity contribution in [3.8, 4) is 0 Å². The fraction of sp³-hybridized carbons (Fsp3) is 0.562. The minimum absolute atomic E-state index is 0.0912. The SMILES string of the molecule is CCCn1c(SCC(=O)c2cc(C)n(C3CC3)c2C)n[nH]c1=O. The van der Waals surface area contributed by atoms with Crippen molar-refractivity contribution in [2.45, 2.75) is 57.8 Å². The lowest BCUT2D eigenvalue weighted by Crippen LogP contribution is -2.17. The molecule has 1 saturated carbocycles. The number of ketones is 1. The molecule has 0 unspecified atom stereocenters. The highest BCUT2D eigenvalue weighted by Gasteiger charge is 2.28. The zero-order valence-electron chi connectivity index (χ0n) is 13.8. The van der Waals surface area contributed by atoms with Crippen LogP contribution in [0.3, 0.4) is 0 Å². The first-order chi connectivity index (χ1) is 11.0. The number of hydrogen-bond donors (Lipinski definition) is 1. The van der Waals surface area contributed by atoms with Crippen LogP contribution < -0.4 is 5.69 Å². The standard InChI is InChI=1S/C16H22N4O2S/c1-4-7-19-15(22)17-18-16(19)23-9-14(21)13-8-10(2)20(11(13)3)12-5-6-12/h8,12H,4-7,9H2,1-3H3,(H,17,22). The summed E-state index contributed by atoms with van der Waals surface area (Å²) in [7, 11) is 0. The van der Waals surface area contributed by atoms with Crippen LogP contribution in [0.2, 0.25) is 0 Å². The summed E-state index contributed by atoms with van der Waals surface area (Å²) < 4.78 is 3.87. The van der Waals surface area contributed by atoms with E-state index in [1.54, 1.807) is 4.57 Å². The summed E-state index contributed by atoms with van der Waals surface area (Å²) >= 11 is 1.32. The van der Waals surface area contributed by atoms with Crippen LogP contribution in [-0.2, 0) is 6.54 Å². The van der Waals surface area contributed by atoms with Crippen molar-refractivity contribution < 1.29 is 4.79 Å². The Bertz CT molecular complexity index is 783. The van der Waals surface area contributed by atoms with Crippen molar-refractivity contribution >= 4 is 17.5 Å². The van der Waals surface area contributed by atoms with Crippen LogP contribution in [-0.4, -0.2) is 30.9 Å². The largest absolute Gasteiger partial charge is 0.345 e. The molecule has 0 spiro atoms. The lowest BCUT2D eigenvalue weighted by atomic mass is 10.2. The minimum atomic E-state index is -0.214. The molecule has 2 aromatic heterocycles. The third-order valence-electron chi connectivity index (χ3n) is 4.20. The fourth-order valence-corrected chi connectivity index (χ4v) is 3.85. The number of thioether (sulfide) groups is 1. The van der Waals surface area contributed by atoms with Crippen molar-refractivity contribution in [2.75, 3.05) is 5.75 Å². The molecule has 7 heteroatoms. The highest BCUT2D eigenvalue weighted by Crippen LogP contribution is 2.38. The molecule has 0 saturated heterocycles. The fourth-order valence-electron chi connectivity index (χ4n) is 3.00. The molecule has 1 fully saturated rings. The van der Waals surface area contributed by atoms with Crippen molar-refractivity contribution in [3.05, 3.63) is 33.5 Å². The maximum Gasteiger partial charge on any atom is 0.343 e. The summed E-state index contributed by atoms with van der Waals surface area (Å²) in [6.45, 7) is 6.69. The van der Waals surface area contributed by atoms with Crippen LogP contribution in [0.25, 0.3) is 0 Å². The Morgan fingerprint density at radius 2 is 2.17 bits per heavy atom. The van der Waals surface area contributed by atoms with Crippen molar-refractivity contribution in [3.63, 3.8) is 0 Å². The quantitative estimate of drug-likeness (QED) is 0.624. The lowest BCUT2D eigenvalue weighted by Gasteiger charge is -2.07. The predicted molar refractivity (Wildman–Crippen MR) is 90.4 cm³/mol. The van der Waals surface area contributed by atoms with E-state index >= 15 is 0 Å². The molecule has 6 nitrogen and oxygen atoms in total. The topological polar surface area (TPSA) is 72.7 Å². The van der Waals surface area contributed by atoms with Gasteiger partial charge in [-0.25, -0.2) is 9.89 Å². The summed E-state index contributed by atoms with van der Waals surface area (Å²) in [5.74, 6) is 0.386. The summed E-state index contributed by atoms with van der Waals surface area (Å²) in [5.41, 5.74) is 2.79. The number of aryl methyl sites for hydroxylation is 1. The van der Waals surface area contributed by atoms with Gasteiger partial charge < -0.3 is 4.57 Å². The van der Waals surface area contributed by atoms with Gasteiger partial charge in [0.2, 0.25) is 0 Å². The zero-order valence-corrected chi connectivity index (χ0v) is 14.6. The number of nitrogens with zero attached hydrogens (tertiary/aromatic N) is 3. The molecule has 0 aromatic carbocycles. The average molecular weight is 334 g/mol. The Morgan fingerprint density at radius 3 is 2.83 bits per heavy atom. The molecular weight excluding hydrogens is 312 g/mol. The van der Waals surface area contributed by atoms with Gasteiger partial charge in [-0.15, -0.1) is 5.10 Å². The van der Waals surface area contributed by atoms with Crippen LogP contribution in [0.1, 0.15) is 54.0 Å². The first-order valence-electron chi connectivity index (χ1n) is 8.02. The van der Waals surface area contributed by atoms with Gasteiger partial charge in [0.25, 0.3) is 0 Å². The zero-order chi connectivity index (χ0) is 16.6. The molecule has 2 heterocycles. The second-order valence-electron chi connectivity index (χ2n) is 6.06. The summed E-state index contributed by atoms with van der Waals surface area (Å²) in [5, 5.41) is 7.05. The second-order valence-corrected chi connectivity index (χ2v) is 7.00. The van der Waals surface area contributed by atoms with Crippen LogP contribution in [0.15, 0.2) is 16.0 Å². The van der Waals surface area contributed by atoms with E-state index in [4.69, 9.17) is 0 Å². The van der Waals surface area contributed by atoms with Crippen LogP contribution >= 0.6 is 11.8 Å². The van der Waals surface area contributed by atoms with Crippen LogP contribution in [0, 0.1) is 13.8 Å². The van der Waals surface area contributed by atoms with E-state index in [0.717, 1.165) is 23.4 Å². The smallest absolute Gasteiger partial charge is 0.343 e. The van der Waals surface area contributed by atoms with Gasteiger partial charge in [0.1, 0.15) is 0 Å². The molecule has 1 N–H and O–H groups in total. The van der Waals surface area contributed by atoms with Crippen molar-refractivity contribution in [2.24, 2.45) is 0 Å². The Labute approximate surface area is 139 Å². The Hall–Kier alpha value is -1.76. The number of nitrogens with one attached hydrogen (secondary N) is 1. The van der Waals surface area contributed by atoms with E-state index < -0.39 is 0 Å². The van der Waals surface area contributed by atoms with Gasteiger partial charge in [0.15, 0.2) is 10.9 Å². The number of H-pyrrole nitrogens is 1. The molecule has 0 amide bonds. The molecule has 0 aliphatic heterocycles. The monoisotopic (exact) mass is 334 g/mol. The first kappa shape index (κ1) is 16.1. The normalized spacial score (nSPS) is 14.4. The molecule has 0 bridgehead atoms. The van der Waals surface area contributed by atoms with E-state index in [2.05, 4.69) is 21.7 Å². The molecule has 0 atom stereocenters. The van der Waals surface area contributed by atoms with Crippen LogP contribution in [0.4, 0.5) is 0 Å². The highest BCUT2D eigenvalue weighted by molar-refractivity contribution is 7.99. The molecule has 1 aliphatic carbocycles. The number of rotatable bonds is 7. The Morgan fingerprint density at radius 1 is 1.43 bits per heavy atom. The number of aromatic amines is 1. The van der Waals surface area contributed by atoms with E-state index in [-0.39, 0.29) is 11.5 Å². The summed E-state index contributed by atoms with van der Waals surface area (Å²) in [4.78, 5) is 24.2. The number of carbonyl (C=O) groups excluding carboxylic acids is 1. The molecule has 23 heavy (non-hydrogen) atoms. The van der Waals surface area contributed by atoms with Crippen molar-refractivity contribution in [1.29, 1.82) is 0 Å². The maximum atomic E-state index is 12.6. The number of aromatic nitrogens is 4. The molecule has 0 radical (unpaired) electrons. The Balaban J connectivity index is 1.73. The summed E-state index contributed by atoms with van der Waals surface area (Å²) in [6, 6.07) is 2.56. The number of Topliss-reactive ketones (excluding diaryl/α,β-unsaturated/α-hetero) is 1. The van der Waals surface area contributed by atoms with Crippen molar-refractivity contribution in [1.82, 2.24) is 19.3 Å². The highest BCUT2D eigenvalue weighted by atomic mass is 32.2. The van der Waals surface area contributed by atoms with E-state index in [1.165, 1.54) is 24.6 Å². The molecule has 1 aliphatic rings.